The van der Waals surface area contributed by atoms with Gasteiger partial charge in [0.25, 0.3) is 0 Å². The van der Waals surface area contributed by atoms with E-state index in [1.165, 1.54) is 0 Å². The van der Waals surface area contributed by atoms with Crippen molar-refractivity contribution in [3.63, 3.8) is 0 Å². The smallest absolute Gasteiger partial charge is 0.0892 e. The highest BCUT2D eigenvalue weighted by Gasteiger charge is 2.52. The van der Waals surface area contributed by atoms with Crippen molar-refractivity contribution in [2.24, 2.45) is 5.92 Å². The number of hydrogen-bond donors (Lipinski definition) is 1. The Labute approximate surface area is 71.7 Å². The second-order valence-electron chi connectivity index (χ2n) is 4.07. The van der Waals surface area contributed by atoms with E-state index in [2.05, 4.69) is 0 Å². The molecule has 3 fully saturated rings. The topological polar surface area (TPSA) is 38.7 Å². The van der Waals surface area contributed by atoms with Crippen LogP contribution in [0.15, 0.2) is 0 Å². The van der Waals surface area contributed by atoms with Gasteiger partial charge >= 0.3 is 0 Å². The number of aliphatic hydroxyl groups excluding tert-OH is 1. The highest BCUT2D eigenvalue weighted by molar-refractivity contribution is 5.01. The van der Waals surface area contributed by atoms with Gasteiger partial charge in [0.15, 0.2) is 0 Å². The Hall–Kier alpha value is -0.120. The fraction of sp³-hybridized carbons (Fsp3) is 1.00. The van der Waals surface area contributed by atoms with Crippen LogP contribution >= 0.6 is 0 Å². The Kier molecular flexibility index (Phi) is 1.48. The van der Waals surface area contributed by atoms with E-state index < -0.39 is 0 Å². The summed E-state index contributed by atoms with van der Waals surface area (Å²) in [4.78, 5) is 0. The van der Waals surface area contributed by atoms with Crippen molar-refractivity contribution in [3.05, 3.63) is 0 Å². The summed E-state index contributed by atoms with van der Waals surface area (Å²) in [6.07, 6.45) is 3.42. The van der Waals surface area contributed by atoms with Crippen molar-refractivity contribution >= 4 is 0 Å². The van der Waals surface area contributed by atoms with E-state index in [1.807, 2.05) is 0 Å². The van der Waals surface area contributed by atoms with Gasteiger partial charge in [-0.15, -0.1) is 0 Å². The summed E-state index contributed by atoms with van der Waals surface area (Å²) in [6, 6.07) is 0. The molecular weight excluding hydrogens is 156 g/mol. The third-order valence-electron chi connectivity index (χ3n) is 3.43. The number of fused-ring (bicyclic) bond motifs is 3. The van der Waals surface area contributed by atoms with Gasteiger partial charge in [0, 0.05) is 12.5 Å². The fourth-order valence-corrected chi connectivity index (χ4v) is 2.86. The number of rotatable bonds is 0. The van der Waals surface area contributed by atoms with E-state index in [9.17, 15) is 5.11 Å². The van der Waals surface area contributed by atoms with Gasteiger partial charge in [-0.3, -0.25) is 0 Å². The quantitative estimate of drug-likeness (QED) is 0.568. The Morgan fingerprint density at radius 2 is 2.00 bits per heavy atom. The monoisotopic (exact) mass is 170 g/mol. The molecule has 2 saturated heterocycles. The average molecular weight is 170 g/mol. The zero-order chi connectivity index (χ0) is 8.13. The summed E-state index contributed by atoms with van der Waals surface area (Å²) >= 11 is 0. The van der Waals surface area contributed by atoms with Gasteiger partial charge in [0.2, 0.25) is 0 Å². The molecule has 5 atom stereocenters. The number of hydrogen-bond acceptors (Lipinski definition) is 3. The SMILES string of the molecule is O[C@H]1CC[C@H]2[C@H]1O[C@H]1CCO[C@@H]21. The van der Waals surface area contributed by atoms with Crippen LogP contribution in [0.4, 0.5) is 0 Å². The van der Waals surface area contributed by atoms with E-state index >= 15 is 0 Å². The highest BCUT2D eigenvalue weighted by Crippen LogP contribution is 2.44. The standard InChI is InChI=1S/C9H14O3/c10-6-2-1-5-8(6)12-7-3-4-11-9(5)7/h5-10H,1-4H2/t5-,6-,7-,8+,9-/m0/s1. The third-order valence-corrected chi connectivity index (χ3v) is 3.43. The summed E-state index contributed by atoms with van der Waals surface area (Å²) in [5, 5.41) is 9.57. The second kappa shape index (κ2) is 2.44. The maximum atomic E-state index is 9.57. The molecule has 0 aromatic heterocycles. The number of ether oxygens (including phenoxy) is 2. The minimum absolute atomic E-state index is 0.0836. The van der Waals surface area contributed by atoms with E-state index in [4.69, 9.17) is 9.47 Å². The summed E-state index contributed by atoms with van der Waals surface area (Å²) < 4.78 is 11.3. The molecule has 68 valence electrons. The molecule has 0 unspecified atom stereocenters. The van der Waals surface area contributed by atoms with Gasteiger partial charge < -0.3 is 14.6 Å². The summed E-state index contributed by atoms with van der Waals surface area (Å²) in [7, 11) is 0. The molecule has 0 bridgehead atoms. The van der Waals surface area contributed by atoms with Crippen molar-refractivity contribution < 1.29 is 14.6 Å². The largest absolute Gasteiger partial charge is 0.390 e. The first-order valence-corrected chi connectivity index (χ1v) is 4.81. The highest BCUT2D eigenvalue weighted by atomic mass is 16.6. The van der Waals surface area contributed by atoms with Gasteiger partial charge in [-0.1, -0.05) is 0 Å². The Balaban J connectivity index is 1.83. The maximum absolute atomic E-state index is 9.57. The van der Waals surface area contributed by atoms with E-state index in [0.29, 0.717) is 12.0 Å². The predicted octanol–water partition coefficient (Wildman–Crippen LogP) is 0.314. The van der Waals surface area contributed by atoms with Crippen molar-refractivity contribution in [2.75, 3.05) is 6.61 Å². The van der Waals surface area contributed by atoms with Crippen molar-refractivity contribution in [2.45, 2.75) is 43.7 Å². The van der Waals surface area contributed by atoms with E-state index in [0.717, 1.165) is 25.9 Å². The van der Waals surface area contributed by atoms with Crippen LogP contribution in [0.1, 0.15) is 19.3 Å². The minimum Gasteiger partial charge on any atom is -0.390 e. The van der Waals surface area contributed by atoms with Gasteiger partial charge in [-0.25, -0.2) is 0 Å². The molecule has 12 heavy (non-hydrogen) atoms. The second-order valence-corrected chi connectivity index (χ2v) is 4.07. The maximum Gasteiger partial charge on any atom is 0.0892 e. The fourth-order valence-electron chi connectivity index (χ4n) is 2.86. The first-order valence-electron chi connectivity index (χ1n) is 4.81. The third kappa shape index (κ3) is 0.817. The molecule has 1 N–H and O–H groups in total. The zero-order valence-corrected chi connectivity index (χ0v) is 6.98. The summed E-state index contributed by atoms with van der Waals surface area (Å²) in [5.74, 6) is 0.479. The lowest BCUT2D eigenvalue weighted by Crippen LogP contribution is -2.26. The minimum atomic E-state index is -0.232. The molecule has 0 amide bonds. The van der Waals surface area contributed by atoms with Crippen LogP contribution in [0.5, 0.6) is 0 Å². The molecule has 3 aliphatic rings. The van der Waals surface area contributed by atoms with Gasteiger partial charge in [0.05, 0.1) is 24.4 Å². The Morgan fingerprint density at radius 3 is 2.92 bits per heavy atom. The van der Waals surface area contributed by atoms with Crippen molar-refractivity contribution in [3.8, 4) is 0 Å². The van der Waals surface area contributed by atoms with Crippen LogP contribution in [-0.2, 0) is 9.47 Å². The average Bonchev–Trinajstić information content (AvgIpc) is 2.63. The first-order chi connectivity index (χ1) is 5.86. The molecule has 1 aliphatic carbocycles. The lowest BCUT2D eigenvalue weighted by Gasteiger charge is -2.14. The van der Waals surface area contributed by atoms with Crippen LogP contribution in [-0.4, -0.2) is 36.1 Å². The molecular formula is C9H14O3. The first kappa shape index (κ1) is 7.30. The molecule has 2 aliphatic heterocycles. The van der Waals surface area contributed by atoms with Crippen LogP contribution in [0.3, 0.4) is 0 Å². The molecule has 2 heterocycles. The van der Waals surface area contributed by atoms with Gasteiger partial charge in [-0.2, -0.15) is 0 Å². The summed E-state index contributed by atoms with van der Waals surface area (Å²) in [6.45, 7) is 0.842. The molecule has 0 aromatic rings. The van der Waals surface area contributed by atoms with Crippen molar-refractivity contribution in [1.29, 1.82) is 0 Å². The lowest BCUT2D eigenvalue weighted by atomic mass is 9.98. The van der Waals surface area contributed by atoms with Crippen LogP contribution in [0, 0.1) is 5.92 Å². The Morgan fingerprint density at radius 1 is 1.08 bits per heavy atom. The van der Waals surface area contributed by atoms with Gasteiger partial charge in [-0.05, 0) is 19.3 Å². The zero-order valence-electron chi connectivity index (χ0n) is 6.98. The van der Waals surface area contributed by atoms with Crippen LogP contribution < -0.4 is 0 Å². The molecule has 0 aromatic carbocycles. The van der Waals surface area contributed by atoms with Gasteiger partial charge in [0.1, 0.15) is 0 Å². The molecule has 0 radical (unpaired) electrons. The molecule has 3 heteroatoms. The molecule has 3 nitrogen and oxygen atoms in total. The predicted molar refractivity (Wildman–Crippen MR) is 41.7 cm³/mol. The summed E-state index contributed by atoms with van der Waals surface area (Å²) in [5.41, 5.74) is 0. The normalized spacial score (nSPS) is 57.2. The van der Waals surface area contributed by atoms with E-state index in [1.54, 1.807) is 0 Å². The van der Waals surface area contributed by atoms with Crippen LogP contribution in [0.2, 0.25) is 0 Å². The Bertz CT molecular complexity index is 192. The van der Waals surface area contributed by atoms with E-state index in [-0.39, 0.29) is 18.3 Å². The lowest BCUT2D eigenvalue weighted by molar-refractivity contribution is -0.0270. The van der Waals surface area contributed by atoms with Crippen molar-refractivity contribution in [1.82, 2.24) is 0 Å². The van der Waals surface area contributed by atoms with Crippen LogP contribution in [0.25, 0.3) is 0 Å². The molecule has 3 rings (SSSR count). The number of aliphatic hydroxyl groups is 1. The molecule has 1 saturated carbocycles. The molecule has 0 spiro atoms.